The fourth-order valence-electron chi connectivity index (χ4n) is 2.84. The summed E-state index contributed by atoms with van der Waals surface area (Å²) in [6.07, 6.45) is 5.04. The van der Waals surface area contributed by atoms with E-state index in [-0.39, 0.29) is 23.3 Å². The Balaban J connectivity index is 1.61. The molecule has 3 aromatic heterocycles. The van der Waals surface area contributed by atoms with Crippen LogP contribution in [0.25, 0.3) is 5.52 Å². The van der Waals surface area contributed by atoms with Gasteiger partial charge in [0, 0.05) is 30.8 Å². The summed E-state index contributed by atoms with van der Waals surface area (Å²) >= 11 is 0. The van der Waals surface area contributed by atoms with Crippen molar-refractivity contribution in [3.8, 4) is 0 Å². The zero-order valence-electron chi connectivity index (χ0n) is 14.9. The van der Waals surface area contributed by atoms with Gasteiger partial charge in [0.25, 0.3) is 11.8 Å². The maximum Gasteiger partial charge on any atom is 0.287 e. The first kappa shape index (κ1) is 17.4. The van der Waals surface area contributed by atoms with Crippen LogP contribution in [0.1, 0.15) is 26.7 Å². The minimum atomic E-state index is -0.372. The minimum Gasteiger partial charge on any atom is -0.345 e. The molecule has 138 valence electrons. The molecule has 0 atom stereocenters. The molecule has 28 heavy (non-hydrogen) atoms. The highest BCUT2D eigenvalue weighted by Gasteiger charge is 2.21. The van der Waals surface area contributed by atoms with E-state index < -0.39 is 0 Å². The zero-order chi connectivity index (χ0) is 19.3. The van der Waals surface area contributed by atoms with E-state index in [0.717, 1.165) is 5.56 Å². The summed E-state index contributed by atoms with van der Waals surface area (Å²) in [4.78, 5) is 33.7. The Hall–Kier alpha value is -4.00. The Morgan fingerprint density at radius 1 is 0.893 bits per heavy atom. The number of fused-ring (bicyclic) bond motifs is 1. The second kappa shape index (κ2) is 7.71. The second-order valence-electron chi connectivity index (χ2n) is 6.10. The summed E-state index contributed by atoms with van der Waals surface area (Å²) < 4.78 is 1.61. The van der Waals surface area contributed by atoms with Crippen molar-refractivity contribution in [2.45, 2.75) is 6.54 Å². The monoisotopic (exact) mass is 371 g/mol. The van der Waals surface area contributed by atoms with Crippen molar-refractivity contribution in [2.75, 3.05) is 5.32 Å². The van der Waals surface area contributed by atoms with E-state index >= 15 is 0 Å². The number of nitrogens with zero attached hydrogens (tertiary/aromatic N) is 3. The number of rotatable bonds is 5. The van der Waals surface area contributed by atoms with Crippen molar-refractivity contribution in [3.05, 3.63) is 96.3 Å². The third-order valence-corrected chi connectivity index (χ3v) is 4.20. The van der Waals surface area contributed by atoms with Crippen LogP contribution in [-0.2, 0) is 6.54 Å². The summed E-state index contributed by atoms with van der Waals surface area (Å²) in [5.41, 5.74) is 2.34. The second-order valence-corrected chi connectivity index (χ2v) is 6.10. The number of pyridine rings is 2. The molecule has 0 saturated carbocycles. The number of aromatic nitrogens is 3. The van der Waals surface area contributed by atoms with Gasteiger partial charge < -0.3 is 10.6 Å². The Morgan fingerprint density at radius 3 is 2.43 bits per heavy atom. The van der Waals surface area contributed by atoms with Gasteiger partial charge >= 0.3 is 0 Å². The van der Waals surface area contributed by atoms with E-state index in [0.29, 0.717) is 17.7 Å². The molecule has 2 N–H and O–H groups in total. The van der Waals surface area contributed by atoms with Crippen molar-refractivity contribution in [3.63, 3.8) is 0 Å². The highest BCUT2D eigenvalue weighted by molar-refractivity contribution is 6.08. The van der Waals surface area contributed by atoms with Gasteiger partial charge in [0.2, 0.25) is 5.82 Å². The van der Waals surface area contributed by atoms with Gasteiger partial charge in [0.15, 0.2) is 5.69 Å². The van der Waals surface area contributed by atoms with Crippen LogP contribution in [0.15, 0.2) is 79.3 Å². The number of nitrogens with one attached hydrogen (secondary N) is 2. The number of benzene rings is 1. The van der Waals surface area contributed by atoms with Crippen LogP contribution >= 0.6 is 0 Å². The lowest BCUT2D eigenvalue weighted by molar-refractivity contribution is 0.0940. The highest BCUT2D eigenvalue weighted by atomic mass is 16.2. The molecule has 7 nitrogen and oxygen atoms in total. The lowest BCUT2D eigenvalue weighted by atomic mass is 10.3. The van der Waals surface area contributed by atoms with Crippen molar-refractivity contribution < 1.29 is 9.59 Å². The molecule has 0 radical (unpaired) electrons. The Morgan fingerprint density at radius 2 is 1.64 bits per heavy atom. The molecule has 1 aromatic carbocycles. The van der Waals surface area contributed by atoms with Gasteiger partial charge in [-0.15, -0.1) is 0 Å². The van der Waals surface area contributed by atoms with E-state index in [2.05, 4.69) is 20.6 Å². The summed E-state index contributed by atoms with van der Waals surface area (Å²) in [6, 6.07) is 18.1. The third-order valence-electron chi connectivity index (χ3n) is 4.20. The minimum absolute atomic E-state index is 0.155. The van der Waals surface area contributed by atoms with Gasteiger partial charge in [-0.2, -0.15) is 0 Å². The van der Waals surface area contributed by atoms with Crippen LogP contribution in [0.4, 0.5) is 5.69 Å². The lowest BCUT2D eigenvalue weighted by Crippen LogP contribution is -2.25. The topological polar surface area (TPSA) is 88.4 Å². The van der Waals surface area contributed by atoms with E-state index in [4.69, 9.17) is 0 Å². The van der Waals surface area contributed by atoms with Crippen LogP contribution < -0.4 is 10.6 Å². The van der Waals surface area contributed by atoms with Gasteiger partial charge in [-0.3, -0.25) is 19.0 Å². The number of carbonyl (C=O) groups excluding carboxylic acids is 2. The van der Waals surface area contributed by atoms with Gasteiger partial charge in [-0.25, -0.2) is 4.98 Å². The zero-order valence-corrected chi connectivity index (χ0v) is 14.9. The standard InChI is InChI=1S/C21H17N5O2/c27-20(24-16-6-2-1-3-7-16)18-17-8-4-5-13-26(17)19(25-18)21(28)23-14-15-9-11-22-12-10-15/h1-13H,14H2,(H,23,28)(H,24,27). The quantitative estimate of drug-likeness (QED) is 0.565. The molecular weight excluding hydrogens is 354 g/mol. The SMILES string of the molecule is O=C(Nc1ccccc1)c1nc(C(=O)NCc2ccncc2)n2ccccc12. The molecule has 4 rings (SSSR count). The molecule has 2 amide bonds. The number of amides is 2. The first-order valence-electron chi connectivity index (χ1n) is 8.73. The summed E-state index contributed by atoms with van der Waals surface area (Å²) in [6.45, 7) is 0.342. The van der Waals surface area contributed by atoms with Crippen LogP contribution in [0.2, 0.25) is 0 Å². The molecule has 0 aliphatic carbocycles. The smallest absolute Gasteiger partial charge is 0.287 e. The molecule has 0 saturated heterocycles. The number of hydrogen-bond acceptors (Lipinski definition) is 4. The maximum atomic E-state index is 12.7. The average molecular weight is 371 g/mol. The number of hydrogen-bond donors (Lipinski definition) is 2. The molecule has 0 fully saturated rings. The molecule has 0 aliphatic rings. The number of carbonyl (C=O) groups is 2. The molecule has 0 bridgehead atoms. The van der Waals surface area contributed by atoms with Gasteiger partial charge in [0.05, 0.1) is 5.52 Å². The molecule has 7 heteroatoms. The molecule has 0 unspecified atom stereocenters. The van der Waals surface area contributed by atoms with Gasteiger partial charge in [-0.1, -0.05) is 24.3 Å². The lowest BCUT2D eigenvalue weighted by Gasteiger charge is -2.04. The molecule has 3 heterocycles. The molecule has 0 aliphatic heterocycles. The molecular formula is C21H17N5O2. The maximum absolute atomic E-state index is 12.7. The normalized spacial score (nSPS) is 10.6. The average Bonchev–Trinajstić information content (AvgIpc) is 3.13. The van der Waals surface area contributed by atoms with Crippen molar-refractivity contribution in [2.24, 2.45) is 0 Å². The number of para-hydroxylation sites is 1. The first-order chi connectivity index (χ1) is 13.7. The first-order valence-corrected chi connectivity index (χ1v) is 8.73. The van der Waals surface area contributed by atoms with Crippen LogP contribution in [0.5, 0.6) is 0 Å². The summed E-state index contributed by atoms with van der Waals surface area (Å²) in [5, 5.41) is 5.63. The third kappa shape index (κ3) is 3.59. The summed E-state index contributed by atoms with van der Waals surface area (Å²) in [7, 11) is 0. The Labute approximate surface area is 161 Å². The molecule has 0 spiro atoms. The Kier molecular flexibility index (Phi) is 4.79. The van der Waals surface area contributed by atoms with Crippen LogP contribution in [0, 0.1) is 0 Å². The predicted octanol–water partition coefficient (Wildman–Crippen LogP) is 2.91. The summed E-state index contributed by atoms with van der Waals surface area (Å²) in [5.74, 6) is -0.581. The molecule has 4 aromatic rings. The van der Waals surface area contributed by atoms with Gasteiger partial charge in [-0.05, 0) is 42.0 Å². The van der Waals surface area contributed by atoms with Crippen LogP contribution in [0.3, 0.4) is 0 Å². The van der Waals surface area contributed by atoms with Gasteiger partial charge in [0.1, 0.15) is 0 Å². The largest absolute Gasteiger partial charge is 0.345 e. The van der Waals surface area contributed by atoms with E-state index in [1.807, 2.05) is 30.3 Å². The number of anilines is 1. The van der Waals surface area contributed by atoms with Crippen LogP contribution in [-0.4, -0.2) is 26.2 Å². The van der Waals surface area contributed by atoms with Crippen molar-refractivity contribution >= 4 is 23.0 Å². The fraction of sp³-hybridized carbons (Fsp3) is 0.0476. The van der Waals surface area contributed by atoms with E-state index in [1.165, 1.54) is 0 Å². The highest BCUT2D eigenvalue weighted by Crippen LogP contribution is 2.16. The van der Waals surface area contributed by atoms with Crippen molar-refractivity contribution in [1.82, 2.24) is 19.7 Å². The number of imidazole rings is 1. The predicted molar refractivity (Wildman–Crippen MR) is 105 cm³/mol. The van der Waals surface area contributed by atoms with E-state index in [9.17, 15) is 9.59 Å². The fourth-order valence-corrected chi connectivity index (χ4v) is 2.84. The Bertz CT molecular complexity index is 1120. The van der Waals surface area contributed by atoms with E-state index in [1.54, 1.807) is 53.3 Å². The van der Waals surface area contributed by atoms with Crippen molar-refractivity contribution in [1.29, 1.82) is 0 Å².